The van der Waals surface area contributed by atoms with Crippen molar-refractivity contribution in [1.82, 2.24) is 4.98 Å². The van der Waals surface area contributed by atoms with Crippen LogP contribution in [0.25, 0.3) is 0 Å². The Hall–Kier alpha value is -1.95. The molecule has 1 aliphatic rings. The lowest BCUT2D eigenvalue weighted by Crippen LogP contribution is -2.08. The van der Waals surface area contributed by atoms with Gasteiger partial charge in [-0.05, 0) is 37.8 Å². The first kappa shape index (κ1) is 11.5. The highest BCUT2D eigenvalue weighted by atomic mass is 19.1. The van der Waals surface area contributed by atoms with Gasteiger partial charge in [-0.15, -0.1) is 0 Å². The highest BCUT2D eigenvalue weighted by Gasteiger charge is 2.14. The Morgan fingerprint density at radius 3 is 2.88 bits per heavy atom. The zero-order valence-corrected chi connectivity index (χ0v) is 9.59. The van der Waals surface area contributed by atoms with E-state index in [9.17, 15) is 9.18 Å². The normalized spacial score (nSPS) is 15.5. The van der Waals surface area contributed by atoms with E-state index in [0.29, 0.717) is 12.1 Å². The van der Waals surface area contributed by atoms with E-state index < -0.39 is 5.95 Å². The van der Waals surface area contributed by atoms with E-state index >= 15 is 0 Å². The van der Waals surface area contributed by atoms with E-state index in [4.69, 9.17) is 0 Å². The summed E-state index contributed by atoms with van der Waals surface area (Å²) in [6.07, 6.45) is 2.27. The predicted molar refractivity (Wildman–Crippen MR) is 62.6 cm³/mol. The first-order valence-corrected chi connectivity index (χ1v) is 5.54. The van der Waals surface area contributed by atoms with Crippen molar-refractivity contribution in [3.8, 4) is 11.8 Å². The van der Waals surface area contributed by atoms with E-state index in [-0.39, 0.29) is 5.78 Å². The Morgan fingerprint density at radius 1 is 1.29 bits per heavy atom. The predicted octanol–water partition coefficient (Wildman–Crippen LogP) is 2.64. The number of halogens is 1. The second kappa shape index (κ2) is 4.92. The minimum absolute atomic E-state index is 0.160. The van der Waals surface area contributed by atoms with Gasteiger partial charge in [0, 0.05) is 17.6 Å². The fraction of sp³-hybridized carbons (Fsp3) is 0.286. The summed E-state index contributed by atoms with van der Waals surface area (Å²) in [6.45, 7) is 1.80. The van der Waals surface area contributed by atoms with Crippen LogP contribution in [-0.2, 0) is 4.79 Å². The van der Waals surface area contributed by atoms with Crippen LogP contribution in [-0.4, -0.2) is 10.8 Å². The van der Waals surface area contributed by atoms with Gasteiger partial charge in [-0.2, -0.15) is 4.39 Å². The molecule has 0 atom stereocenters. The molecule has 0 aromatic carbocycles. The third kappa shape index (κ3) is 2.79. The van der Waals surface area contributed by atoms with Crippen molar-refractivity contribution in [2.45, 2.75) is 26.2 Å². The largest absolute Gasteiger partial charge is 0.295 e. The van der Waals surface area contributed by atoms with Crippen molar-refractivity contribution >= 4 is 5.78 Å². The lowest BCUT2D eigenvalue weighted by Gasteiger charge is -2.11. The maximum Gasteiger partial charge on any atom is 0.214 e. The van der Waals surface area contributed by atoms with Crippen LogP contribution in [0.2, 0.25) is 0 Å². The number of hydrogen-bond acceptors (Lipinski definition) is 2. The maximum atomic E-state index is 12.8. The standard InChI is InChI=1S/C14H12FNO/c1-10-11(4-2-6-13(10)17)8-9-12-5-3-7-14(15)16-12/h3,5,7H,2,4,6H2,1H3. The summed E-state index contributed by atoms with van der Waals surface area (Å²) in [7, 11) is 0. The second-order valence-corrected chi connectivity index (χ2v) is 3.98. The molecule has 0 spiro atoms. The molecule has 0 fully saturated rings. The molecule has 0 amide bonds. The van der Waals surface area contributed by atoms with Gasteiger partial charge in [0.1, 0.15) is 5.69 Å². The number of ketones is 1. The van der Waals surface area contributed by atoms with Gasteiger partial charge in [0.2, 0.25) is 5.95 Å². The fourth-order valence-corrected chi connectivity index (χ4v) is 1.74. The number of nitrogens with zero attached hydrogens (tertiary/aromatic N) is 1. The summed E-state index contributed by atoms with van der Waals surface area (Å²) in [5.41, 5.74) is 1.98. The van der Waals surface area contributed by atoms with Crippen LogP contribution < -0.4 is 0 Å². The molecule has 0 aliphatic heterocycles. The summed E-state index contributed by atoms with van der Waals surface area (Å²) in [5, 5.41) is 0. The van der Waals surface area contributed by atoms with Crippen molar-refractivity contribution in [2.24, 2.45) is 0 Å². The van der Waals surface area contributed by atoms with E-state index in [2.05, 4.69) is 16.8 Å². The van der Waals surface area contributed by atoms with Gasteiger partial charge in [0.15, 0.2) is 5.78 Å². The van der Waals surface area contributed by atoms with Crippen LogP contribution >= 0.6 is 0 Å². The number of pyridine rings is 1. The second-order valence-electron chi connectivity index (χ2n) is 3.98. The smallest absolute Gasteiger partial charge is 0.214 e. The Kier molecular flexibility index (Phi) is 3.34. The van der Waals surface area contributed by atoms with Gasteiger partial charge in [-0.1, -0.05) is 12.0 Å². The molecule has 3 heteroatoms. The zero-order valence-electron chi connectivity index (χ0n) is 9.59. The third-order valence-corrected chi connectivity index (χ3v) is 2.76. The van der Waals surface area contributed by atoms with Crippen molar-refractivity contribution in [3.63, 3.8) is 0 Å². The number of carbonyl (C=O) groups excluding carboxylic acids is 1. The molecule has 1 heterocycles. The molecule has 0 saturated carbocycles. The Balaban J connectivity index is 2.28. The molecule has 1 aromatic heterocycles. The molecule has 1 aromatic rings. The van der Waals surface area contributed by atoms with Crippen molar-refractivity contribution in [2.75, 3.05) is 0 Å². The molecule has 0 radical (unpaired) electrons. The van der Waals surface area contributed by atoms with E-state index in [1.54, 1.807) is 19.1 Å². The average molecular weight is 229 g/mol. The lowest BCUT2D eigenvalue weighted by molar-refractivity contribution is -0.116. The van der Waals surface area contributed by atoms with E-state index in [1.807, 2.05) is 0 Å². The fourth-order valence-electron chi connectivity index (χ4n) is 1.74. The molecule has 2 rings (SSSR count). The van der Waals surface area contributed by atoms with Crippen LogP contribution in [0.15, 0.2) is 29.3 Å². The molecule has 0 N–H and O–H groups in total. The number of allylic oxidation sites excluding steroid dienone is 2. The number of rotatable bonds is 0. The highest BCUT2D eigenvalue weighted by Crippen LogP contribution is 2.20. The maximum absolute atomic E-state index is 12.8. The summed E-state index contributed by atoms with van der Waals surface area (Å²) < 4.78 is 12.8. The zero-order chi connectivity index (χ0) is 12.3. The van der Waals surface area contributed by atoms with Gasteiger partial charge < -0.3 is 0 Å². The molecule has 0 unspecified atom stereocenters. The van der Waals surface area contributed by atoms with Crippen molar-refractivity contribution in [1.29, 1.82) is 0 Å². The number of aromatic nitrogens is 1. The first-order valence-electron chi connectivity index (χ1n) is 5.54. The Morgan fingerprint density at radius 2 is 2.12 bits per heavy atom. The van der Waals surface area contributed by atoms with E-state index in [1.165, 1.54) is 6.07 Å². The van der Waals surface area contributed by atoms with Crippen LogP contribution in [0.3, 0.4) is 0 Å². The minimum Gasteiger partial charge on any atom is -0.295 e. The van der Waals surface area contributed by atoms with E-state index in [0.717, 1.165) is 24.0 Å². The minimum atomic E-state index is -0.540. The highest BCUT2D eigenvalue weighted by molar-refractivity contribution is 5.97. The monoisotopic (exact) mass is 229 g/mol. The average Bonchev–Trinajstić information content (AvgIpc) is 2.31. The molecule has 0 saturated heterocycles. The van der Waals surface area contributed by atoms with Crippen LogP contribution in [0, 0.1) is 17.8 Å². The Bertz CT molecular complexity index is 549. The first-order chi connectivity index (χ1) is 8.16. The van der Waals surface area contributed by atoms with Crippen molar-refractivity contribution in [3.05, 3.63) is 41.0 Å². The molecule has 2 nitrogen and oxygen atoms in total. The summed E-state index contributed by atoms with van der Waals surface area (Å²) >= 11 is 0. The number of carbonyl (C=O) groups is 1. The van der Waals surface area contributed by atoms with Gasteiger partial charge in [-0.3, -0.25) is 4.79 Å². The SMILES string of the molecule is CC1=C(C#Cc2cccc(F)n2)CCCC1=O. The summed E-state index contributed by atoms with van der Waals surface area (Å²) in [6, 6.07) is 4.50. The topological polar surface area (TPSA) is 30.0 Å². The van der Waals surface area contributed by atoms with Crippen LogP contribution in [0.1, 0.15) is 31.9 Å². The molecular weight excluding hydrogens is 217 g/mol. The summed E-state index contributed by atoms with van der Waals surface area (Å²) in [5.74, 6) is 5.34. The summed E-state index contributed by atoms with van der Waals surface area (Å²) in [4.78, 5) is 15.1. The quantitative estimate of drug-likeness (QED) is 0.505. The van der Waals surface area contributed by atoms with Gasteiger partial charge in [0.05, 0.1) is 0 Å². The molecule has 17 heavy (non-hydrogen) atoms. The van der Waals surface area contributed by atoms with Crippen LogP contribution in [0.4, 0.5) is 4.39 Å². The van der Waals surface area contributed by atoms with Gasteiger partial charge in [-0.25, -0.2) is 4.98 Å². The van der Waals surface area contributed by atoms with Crippen LogP contribution in [0.5, 0.6) is 0 Å². The Labute approximate surface area is 99.6 Å². The van der Waals surface area contributed by atoms with Gasteiger partial charge >= 0.3 is 0 Å². The molecular formula is C14H12FNO. The molecule has 86 valence electrons. The number of Topliss-reactive ketones (excluding diaryl/α,β-unsaturated/α-hetero) is 1. The van der Waals surface area contributed by atoms with Gasteiger partial charge in [0.25, 0.3) is 0 Å². The number of hydrogen-bond donors (Lipinski definition) is 0. The third-order valence-electron chi connectivity index (χ3n) is 2.76. The molecule has 0 bridgehead atoms. The van der Waals surface area contributed by atoms with Crippen molar-refractivity contribution < 1.29 is 9.18 Å². The molecule has 1 aliphatic carbocycles. The lowest BCUT2D eigenvalue weighted by atomic mass is 9.92.